The van der Waals surface area contributed by atoms with E-state index in [4.69, 9.17) is 8.83 Å². The summed E-state index contributed by atoms with van der Waals surface area (Å²) in [6.45, 7) is 14.7. The summed E-state index contributed by atoms with van der Waals surface area (Å²) >= 11 is 0. The Balaban J connectivity index is 0.882. The standard InChI is InChI=1S/C76H53NO2/c1-73(2)53-30-16-12-26-47(53)65-69(73)67-61(63-51-28-14-20-34-59(51)78-71(63)65)49-38-36-43(40-57(49)74(67,3)4)77(42-22-8-7-9-23-42)44-37-39-50-58(41-44)75(5,6)68-62(50)64-52-29-15-21-35-60(52)79-72(64)66-48-27-13-19-33-56(48)76(70(66)68)54-31-17-10-24-45(54)46-25-11-18-32-55(46)76/h7-41H,1-6H3. The molecule has 3 nitrogen and oxygen atoms in total. The summed E-state index contributed by atoms with van der Waals surface area (Å²) < 4.78 is 14.3. The van der Waals surface area contributed by atoms with Gasteiger partial charge in [0.25, 0.3) is 0 Å². The van der Waals surface area contributed by atoms with Crippen molar-refractivity contribution in [3.63, 3.8) is 0 Å². The molecule has 13 aromatic rings. The number of hydrogen-bond acceptors (Lipinski definition) is 3. The number of hydrogen-bond donors (Lipinski definition) is 0. The molecule has 18 rings (SSSR count). The summed E-state index contributed by atoms with van der Waals surface area (Å²) in [6.07, 6.45) is 0. The van der Waals surface area contributed by atoms with Crippen LogP contribution in [-0.4, -0.2) is 0 Å². The Morgan fingerprint density at radius 2 is 0.658 bits per heavy atom. The van der Waals surface area contributed by atoms with E-state index >= 15 is 0 Å². The van der Waals surface area contributed by atoms with Crippen LogP contribution in [0.15, 0.2) is 221 Å². The van der Waals surface area contributed by atoms with Crippen molar-refractivity contribution in [3.05, 3.63) is 268 Å². The normalized spacial score (nSPS) is 16.1. The molecule has 5 aliphatic rings. The van der Waals surface area contributed by atoms with Crippen LogP contribution >= 0.6 is 0 Å². The average molecular weight is 1010 g/mol. The van der Waals surface area contributed by atoms with Crippen LogP contribution in [0.25, 0.3) is 99.5 Å². The van der Waals surface area contributed by atoms with E-state index in [0.717, 1.165) is 44.8 Å². The zero-order chi connectivity index (χ0) is 52.6. The molecule has 0 aliphatic heterocycles. The van der Waals surface area contributed by atoms with Crippen LogP contribution in [0.4, 0.5) is 17.1 Å². The van der Waals surface area contributed by atoms with Crippen LogP contribution in [0.5, 0.6) is 0 Å². The number of fused-ring (bicyclic) bond motifs is 31. The van der Waals surface area contributed by atoms with Crippen LogP contribution in [0.3, 0.4) is 0 Å². The highest BCUT2D eigenvalue weighted by Crippen LogP contribution is 2.70. The molecule has 11 aromatic carbocycles. The van der Waals surface area contributed by atoms with Crippen LogP contribution in [0.2, 0.25) is 0 Å². The molecule has 0 saturated carbocycles. The second kappa shape index (κ2) is 14.5. The number of rotatable bonds is 3. The molecule has 0 atom stereocenters. The minimum absolute atomic E-state index is 0.238. The molecule has 0 radical (unpaired) electrons. The Labute approximate surface area is 459 Å². The smallest absolute Gasteiger partial charge is 0.144 e. The molecule has 0 amide bonds. The summed E-state index contributed by atoms with van der Waals surface area (Å²) in [5, 5.41) is 4.74. The first-order valence-electron chi connectivity index (χ1n) is 28.1. The summed E-state index contributed by atoms with van der Waals surface area (Å²) in [4.78, 5) is 2.50. The van der Waals surface area contributed by atoms with E-state index in [1.807, 2.05) is 0 Å². The molecule has 1 spiro atoms. The molecule has 0 bridgehead atoms. The van der Waals surface area contributed by atoms with E-state index in [2.05, 4.69) is 259 Å². The third kappa shape index (κ3) is 5.04. The largest absolute Gasteiger partial charge is 0.455 e. The molecular formula is C76H53NO2. The maximum absolute atomic E-state index is 7.27. The summed E-state index contributed by atoms with van der Waals surface area (Å²) in [6, 6.07) is 79.5. The van der Waals surface area contributed by atoms with Crippen molar-refractivity contribution in [1.29, 1.82) is 0 Å². The van der Waals surface area contributed by atoms with Gasteiger partial charge in [-0.3, -0.25) is 0 Å². The van der Waals surface area contributed by atoms with E-state index in [1.54, 1.807) is 0 Å². The number of para-hydroxylation sites is 3. The van der Waals surface area contributed by atoms with E-state index in [9.17, 15) is 0 Å². The van der Waals surface area contributed by atoms with Gasteiger partial charge in [0, 0.05) is 66.0 Å². The van der Waals surface area contributed by atoms with Gasteiger partial charge in [-0.15, -0.1) is 0 Å². The second-order valence-electron chi connectivity index (χ2n) is 24.5. The highest BCUT2D eigenvalue weighted by atomic mass is 16.3. The fourth-order valence-corrected chi connectivity index (χ4v) is 16.7. The van der Waals surface area contributed by atoms with Gasteiger partial charge in [0.2, 0.25) is 0 Å². The SMILES string of the molecule is CC1(C)c2ccccc2-c2c1c1c(c3c2oc2ccccc23)-c2ccc(N(c3ccccc3)c3ccc4c(c3)C(C)(C)c3c5c(c6oc7ccccc7c6c3-4)-c3ccccc3C53c4ccccc4-c4ccccc43)cc2C1(C)C. The Hall–Kier alpha value is -9.18. The van der Waals surface area contributed by atoms with Crippen LogP contribution in [0.1, 0.15) is 97.2 Å². The Morgan fingerprint density at radius 1 is 0.291 bits per heavy atom. The molecule has 0 N–H and O–H groups in total. The second-order valence-corrected chi connectivity index (χ2v) is 24.5. The van der Waals surface area contributed by atoms with E-state index in [0.29, 0.717) is 0 Å². The number of benzene rings is 11. The summed E-state index contributed by atoms with van der Waals surface area (Å²) in [5.41, 5.74) is 31.9. The van der Waals surface area contributed by atoms with Gasteiger partial charge in [-0.2, -0.15) is 0 Å². The van der Waals surface area contributed by atoms with Crippen molar-refractivity contribution in [2.45, 2.75) is 63.2 Å². The van der Waals surface area contributed by atoms with Crippen molar-refractivity contribution >= 4 is 60.9 Å². The molecule has 2 aromatic heterocycles. The maximum atomic E-state index is 7.27. The molecule has 2 heterocycles. The van der Waals surface area contributed by atoms with Gasteiger partial charge in [0.15, 0.2) is 0 Å². The van der Waals surface area contributed by atoms with Crippen molar-refractivity contribution in [2.75, 3.05) is 4.90 Å². The van der Waals surface area contributed by atoms with Gasteiger partial charge in [-0.05, 0) is 149 Å². The minimum Gasteiger partial charge on any atom is -0.455 e. The van der Waals surface area contributed by atoms with Gasteiger partial charge >= 0.3 is 0 Å². The van der Waals surface area contributed by atoms with Gasteiger partial charge in [-0.1, -0.05) is 205 Å². The predicted octanol–water partition coefficient (Wildman–Crippen LogP) is 20.2. The highest BCUT2D eigenvalue weighted by molar-refractivity contribution is 6.23. The van der Waals surface area contributed by atoms with Crippen LogP contribution in [-0.2, 0) is 21.7 Å². The Kier molecular flexibility index (Phi) is 8.04. The Morgan fingerprint density at radius 3 is 1.19 bits per heavy atom. The molecule has 3 heteroatoms. The lowest BCUT2D eigenvalue weighted by Crippen LogP contribution is -2.30. The van der Waals surface area contributed by atoms with Crippen LogP contribution in [0, 0.1) is 0 Å². The van der Waals surface area contributed by atoms with Gasteiger partial charge in [-0.25, -0.2) is 0 Å². The first-order chi connectivity index (χ1) is 38.5. The number of anilines is 3. The summed E-state index contributed by atoms with van der Waals surface area (Å²) in [5.74, 6) is 0. The zero-order valence-electron chi connectivity index (χ0n) is 45.0. The maximum Gasteiger partial charge on any atom is 0.144 e. The molecule has 0 saturated heterocycles. The average Bonchev–Trinajstić information content (AvgIpc) is 3.18. The minimum atomic E-state index is -0.560. The zero-order valence-corrected chi connectivity index (χ0v) is 45.0. The van der Waals surface area contributed by atoms with E-state index in [-0.39, 0.29) is 10.8 Å². The highest BCUT2D eigenvalue weighted by Gasteiger charge is 2.57. The fraction of sp³-hybridized carbons (Fsp3) is 0.132. The first-order valence-corrected chi connectivity index (χ1v) is 28.1. The van der Waals surface area contributed by atoms with Gasteiger partial charge in [0.05, 0.1) is 5.41 Å². The van der Waals surface area contributed by atoms with Crippen molar-refractivity contribution in [1.82, 2.24) is 0 Å². The third-order valence-corrected chi connectivity index (χ3v) is 19.7. The number of furan rings is 2. The molecule has 5 aliphatic carbocycles. The van der Waals surface area contributed by atoms with Crippen LogP contribution < -0.4 is 4.90 Å². The monoisotopic (exact) mass is 1010 g/mol. The van der Waals surface area contributed by atoms with Crippen molar-refractivity contribution in [2.24, 2.45) is 0 Å². The van der Waals surface area contributed by atoms with E-state index in [1.165, 1.54) is 127 Å². The molecule has 0 fully saturated rings. The third-order valence-electron chi connectivity index (χ3n) is 19.7. The molecule has 374 valence electrons. The first kappa shape index (κ1) is 43.9. The Bertz CT molecular complexity index is 4890. The summed E-state index contributed by atoms with van der Waals surface area (Å²) in [7, 11) is 0. The fourth-order valence-electron chi connectivity index (χ4n) is 16.7. The van der Waals surface area contributed by atoms with Gasteiger partial charge in [0.1, 0.15) is 22.3 Å². The number of nitrogens with zero attached hydrogens (tertiary/aromatic N) is 1. The van der Waals surface area contributed by atoms with Gasteiger partial charge < -0.3 is 13.7 Å². The molecular weight excluding hydrogens is 959 g/mol. The van der Waals surface area contributed by atoms with Crippen molar-refractivity contribution < 1.29 is 8.83 Å². The topological polar surface area (TPSA) is 29.5 Å². The molecule has 79 heavy (non-hydrogen) atoms. The molecule has 0 unspecified atom stereocenters. The lowest BCUT2D eigenvalue weighted by Gasteiger charge is -2.35. The van der Waals surface area contributed by atoms with E-state index < -0.39 is 10.8 Å². The van der Waals surface area contributed by atoms with Crippen molar-refractivity contribution in [3.8, 4) is 55.6 Å². The predicted molar refractivity (Wildman–Crippen MR) is 325 cm³/mol. The lowest BCUT2D eigenvalue weighted by atomic mass is 9.65. The quantitative estimate of drug-likeness (QED) is 0.177. The lowest BCUT2D eigenvalue weighted by molar-refractivity contribution is 0.600.